The van der Waals surface area contributed by atoms with E-state index in [1.807, 2.05) is 18.2 Å². The van der Waals surface area contributed by atoms with Gasteiger partial charge in [-0.25, -0.2) is 0 Å². The molecule has 0 spiro atoms. The number of ether oxygens (including phenoxy) is 2. The van der Waals surface area contributed by atoms with Crippen molar-refractivity contribution in [2.24, 2.45) is 5.92 Å². The quantitative estimate of drug-likeness (QED) is 0.868. The summed E-state index contributed by atoms with van der Waals surface area (Å²) in [6.07, 6.45) is 2.26. The van der Waals surface area contributed by atoms with E-state index in [2.05, 4.69) is 20.7 Å². The number of amides is 1. The number of aromatic nitrogens is 3. The van der Waals surface area contributed by atoms with Crippen LogP contribution >= 0.6 is 0 Å². The number of rotatable bonds is 4. The van der Waals surface area contributed by atoms with Gasteiger partial charge in [0.05, 0.1) is 19.9 Å². The minimum absolute atomic E-state index is 0.232. The molecular weight excluding hydrogens is 272 g/mol. The summed E-state index contributed by atoms with van der Waals surface area (Å²) in [7, 11) is 1.63. The first-order valence-corrected chi connectivity index (χ1v) is 6.70. The van der Waals surface area contributed by atoms with E-state index >= 15 is 0 Å². The van der Waals surface area contributed by atoms with Crippen molar-refractivity contribution < 1.29 is 14.3 Å². The average molecular weight is 288 g/mol. The fourth-order valence-electron chi connectivity index (χ4n) is 2.31. The minimum atomic E-state index is -0.232. The summed E-state index contributed by atoms with van der Waals surface area (Å²) in [4.78, 5) is 11.8. The lowest BCUT2D eigenvalue weighted by Gasteiger charge is -2.25. The molecule has 2 N–H and O–H groups in total. The van der Waals surface area contributed by atoms with Gasteiger partial charge in [0.15, 0.2) is 5.69 Å². The van der Waals surface area contributed by atoms with Crippen molar-refractivity contribution in [2.45, 2.75) is 6.42 Å². The van der Waals surface area contributed by atoms with Gasteiger partial charge in [0, 0.05) is 18.5 Å². The number of H-pyrrole nitrogens is 1. The Morgan fingerprint density at radius 3 is 3.24 bits per heavy atom. The van der Waals surface area contributed by atoms with Gasteiger partial charge in [0.2, 0.25) is 0 Å². The third-order valence-corrected chi connectivity index (χ3v) is 3.46. The third-order valence-electron chi connectivity index (χ3n) is 3.46. The van der Waals surface area contributed by atoms with Crippen LogP contribution in [0.4, 0.5) is 0 Å². The number of hydrogen-bond donors (Lipinski definition) is 2. The van der Waals surface area contributed by atoms with Crippen LogP contribution < -0.4 is 14.8 Å². The minimum Gasteiger partial charge on any atom is -0.497 e. The van der Waals surface area contributed by atoms with Gasteiger partial charge in [0.1, 0.15) is 11.5 Å². The van der Waals surface area contributed by atoms with Crippen molar-refractivity contribution in [1.82, 2.24) is 20.7 Å². The zero-order valence-electron chi connectivity index (χ0n) is 11.6. The smallest absolute Gasteiger partial charge is 0.273 e. The molecule has 1 atom stereocenters. The number of nitrogens with one attached hydrogen (secondary N) is 2. The van der Waals surface area contributed by atoms with Crippen molar-refractivity contribution in [3.63, 3.8) is 0 Å². The van der Waals surface area contributed by atoms with E-state index in [4.69, 9.17) is 9.47 Å². The summed E-state index contributed by atoms with van der Waals surface area (Å²) in [5.74, 6) is 1.64. The molecule has 2 heterocycles. The Morgan fingerprint density at radius 2 is 2.48 bits per heavy atom. The highest BCUT2D eigenvalue weighted by Crippen LogP contribution is 2.30. The molecule has 0 aliphatic carbocycles. The maximum atomic E-state index is 11.8. The molecular formula is C14H16N4O3. The molecule has 110 valence electrons. The summed E-state index contributed by atoms with van der Waals surface area (Å²) in [6, 6.07) is 5.80. The average Bonchev–Trinajstić information content (AvgIpc) is 3.06. The fraction of sp³-hybridized carbons (Fsp3) is 0.357. The number of carbonyl (C=O) groups is 1. The Labute approximate surface area is 121 Å². The molecule has 3 rings (SSSR count). The normalized spacial score (nSPS) is 16.7. The number of aromatic amines is 1. The summed E-state index contributed by atoms with van der Waals surface area (Å²) >= 11 is 0. The van der Waals surface area contributed by atoms with Crippen LogP contribution in [0.5, 0.6) is 11.5 Å². The highest BCUT2D eigenvalue weighted by atomic mass is 16.5. The van der Waals surface area contributed by atoms with Crippen LogP contribution in [0.25, 0.3) is 0 Å². The van der Waals surface area contributed by atoms with Crippen molar-refractivity contribution in [2.75, 3.05) is 20.3 Å². The highest BCUT2D eigenvalue weighted by Gasteiger charge is 2.21. The molecule has 1 aromatic heterocycles. The van der Waals surface area contributed by atoms with E-state index in [1.165, 1.54) is 6.20 Å². The molecule has 1 aromatic carbocycles. The summed E-state index contributed by atoms with van der Waals surface area (Å²) in [5, 5.41) is 12.6. The second kappa shape index (κ2) is 5.82. The first-order valence-electron chi connectivity index (χ1n) is 6.70. The lowest BCUT2D eigenvalue weighted by Crippen LogP contribution is -2.35. The van der Waals surface area contributed by atoms with Gasteiger partial charge in [-0.3, -0.25) is 4.79 Å². The Balaban J connectivity index is 1.58. The number of benzene rings is 1. The largest absolute Gasteiger partial charge is 0.497 e. The summed E-state index contributed by atoms with van der Waals surface area (Å²) in [6.45, 7) is 1.11. The van der Waals surface area contributed by atoms with Gasteiger partial charge in [0.25, 0.3) is 5.91 Å². The van der Waals surface area contributed by atoms with Crippen LogP contribution in [0.2, 0.25) is 0 Å². The molecule has 1 aliphatic heterocycles. The first-order chi connectivity index (χ1) is 10.3. The van der Waals surface area contributed by atoms with E-state index < -0.39 is 0 Å². The second-order valence-corrected chi connectivity index (χ2v) is 4.92. The van der Waals surface area contributed by atoms with Crippen LogP contribution in [0.15, 0.2) is 24.4 Å². The van der Waals surface area contributed by atoms with Crippen LogP contribution in [0.3, 0.4) is 0 Å². The zero-order valence-corrected chi connectivity index (χ0v) is 11.6. The Bertz CT molecular complexity index is 627. The predicted molar refractivity (Wildman–Crippen MR) is 74.4 cm³/mol. The van der Waals surface area contributed by atoms with Crippen LogP contribution in [-0.2, 0) is 6.42 Å². The number of fused-ring (bicyclic) bond motifs is 1. The summed E-state index contributed by atoms with van der Waals surface area (Å²) in [5.41, 5.74) is 1.42. The molecule has 1 aliphatic rings. The number of nitrogens with zero attached hydrogens (tertiary/aromatic N) is 2. The lowest BCUT2D eigenvalue weighted by molar-refractivity contribution is 0.0934. The number of methoxy groups -OCH3 is 1. The van der Waals surface area contributed by atoms with E-state index in [1.54, 1.807) is 7.11 Å². The molecule has 2 aromatic rings. The number of carbonyl (C=O) groups excluding carboxylic acids is 1. The van der Waals surface area contributed by atoms with Gasteiger partial charge in [-0.15, -0.1) is 0 Å². The van der Waals surface area contributed by atoms with Crippen molar-refractivity contribution in [1.29, 1.82) is 0 Å². The Morgan fingerprint density at radius 1 is 1.57 bits per heavy atom. The first kappa shape index (κ1) is 13.4. The van der Waals surface area contributed by atoms with Crippen molar-refractivity contribution in [3.05, 3.63) is 35.7 Å². The van der Waals surface area contributed by atoms with E-state index in [-0.39, 0.29) is 17.5 Å². The van der Waals surface area contributed by atoms with Gasteiger partial charge < -0.3 is 14.8 Å². The lowest BCUT2D eigenvalue weighted by atomic mass is 9.96. The van der Waals surface area contributed by atoms with E-state index in [9.17, 15) is 4.79 Å². The van der Waals surface area contributed by atoms with Gasteiger partial charge >= 0.3 is 0 Å². The summed E-state index contributed by atoms with van der Waals surface area (Å²) < 4.78 is 10.9. The molecule has 0 unspecified atom stereocenters. The standard InChI is InChI=1S/C14H16N4O3/c1-20-11-3-2-10-4-9(8-21-13(10)5-11)6-15-14(19)12-7-16-18-17-12/h2-3,5,7,9H,4,6,8H2,1H3,(H,15,19)(H,16,17,18)/t9-/m0/s1. The number of hydrogen-bond acceptors (Lipinski definition) is 5. The topological polar surface area (TPSA) is 89.1 Å². The molecule has 1 amide bonds. The predicted octanol–water partition coefficient (Wildman–Crippen LogP) is 0.794. The van der Waals surface area contributed by atoms with E-state index in [0.717, 1.165) is 23.5 Å². The van der Waals surface area contributed by atoms with Crippen LogP contribution in [-0.4, -0.2) is 41.6 Å². The molecule has 0 saturated heterocycles. The molecule has 0 saturated carbocycles. The van der Waals surface area contributed by atoms with Gasteiger partial charge in [-0.1, -0.05) is 6.07 Å². The SMILES string of the molecule is COc1ccc2c(c1)OC[C@H](CNC(=O)c1cn[nH]n1)C2. The molecule has 0 radical (unpaired) electrons. The Hall–Kier alpha value is -2.57. The van der Waals surface area contributed by atoms with Crippen LogP contribution in [0.1, 0.15) is 16.1 Å². The van der Waals surface area contributed by atoms with Gasteiger partial charge in [-0.2, -0.15) is 15.4 Å². The maximum absolute atomic E-state index is 11.8. The van der Waals surface area contributed by atoms with Crippen molar-refractivity contribution >= 4 is 5.91 Å². The maximum Gasteiger partial charge on any atom is 0.273 e. The van der Waals surface area contributed by atoms with Crippen LogP contribution in [0, 0.1) is 5.92 Å². The molecule has 0 fully saturated rings. The Kier molecular flexibility index (Phi) is 3.72. The molecule has 0 bridgehead atoms. The zero-order chi connectivity index (χ0) is 14.7. The third kappa shape index (κ3) is 2.96. The van der Waals surface area contributed by atoms with Crippen molar-refractivity contribution in [3.8, 4) is 11.5 Å². The monoisotopic (exact) mass is 288 g/mol. The molecule has 21 heavy (non-hydrogen) atoms. The fourth-order valence-corrected chi connectivity index (χ4v) is 2.31. The molecule has 7 heteroatoms. The molecule has 7 nitrogen and oxygen atoms in total. The second-order valence-electron chi connectivity index (χ2n) is 4.92. The van der Waals surface area contributed by atoms with E-state index in [0.29, 0.717) is 13.2 Å². The van der Waals surface area contributed by atoms with Gasteiger partial charge in [-0.05, 0) is 18.1 Å². The highest BCUT2D eigenvalue weighted by molar-refractivity contribution is 5.91.